The lowest BCUT2D eigenvalue weighted by molar-refractivity contribution is -0.785. The Morgan fingerprint density at radius 3 is 1.32 bits per heavy atom. The van der Waals surface area contributed by atoms with Gasteiger partial charge in [-0.15, -0.1) is 0 Å². The standard InChI is InChI=1S/C18H24N2O2/c21-13-11-19-17(15-7-3-1-4-8-15)18(20-12-14-22)16-9-5-2-6-10-16/h1-10,17-22H,11-14H2/p+2/t17-,18-/m0/s1. The molecule has 6 N–H and O–H groups in total. The Bertz CT molecular complexity index is 470. The molecule has 0 saturated heterocycles. The maximum absolute atomic E-state index is 9.21. The lowest BCUT2D eigenvalue weighted by Crippen LogP contribution is -2.96. The fourth-order valence-corrected chi connectivity index (χ4v) is 2.84. The highest BCUT2D eigenvalue weighted by atomic mass is 16.3. The maximum atomic E-state index is 9.21. The molecule has 0 amide bonds. The predicted octanol–water partition coefficient (Wildman–Crippen LogP) is -0.420. The van der Waals surface area contributed by atoms with E-state index in [-0.39, 0.29) is 25.3 Å². The average molecular weight is 302 g/mol. The molecule has 4 heteroatoms. The van der Waals surface area contributed by atoms with E-state index >= 15 is 0 Å². The smallest absolute Gasteiger partial charge is 0.168 e. The fraction of sp³-hybridized carbons (Fsp3) is 0.333. The summed E-state index contributed by atoms with van der Waals surface area (Å²) in [6.45, 7) is 1.64. The second-order valence-corrected chi connectivity index (χ2v) is 5.37. The van der Waals surface area contributed by atoms with Crippen LogP contribution in [0.1, 0.15) is 23.2 Å². The number of quaternary nitrogens is 2. The van der Waals surface area contributed by atoms with Crippen molar-refractivity contribution in [2.45, 2.75) is 12.1 Å². The molecule has 0 aliphatic heterocycles. The topological polar surface area (TPSA) is 73.7 Å². The third kappa shape index (κ3) is 4.64. The molecule has 118 valence electrons. The van der Waals surface area contributed by atoms with Crippen LogP contribution in [0.25, 0.3) is 0 Å². The first-order valence-electron chi connectivity index (χ1n) is 7.85. The van der Waals surface area contributed by atoms with Gasteiger partial charge in [0.05, 0.1) is 26.3 Å². The van der Waals surface area contributed by atoms with Crippen LogP contribution < -0.4 is 10.6 Å². The lowest BCUT2D eigenvalue weighted by Gasteiger charge is -2.24. The van der Waals surface area contributed by atoms with Gasteiger partial charge in [0.25, 0.3) is 0 Å². The molecule has 2 atom stereocenters. The monoisotopic (exact) mass is 302 g/mol. The number of hydrogen-bond donors (Lipinski definition) is 4. The molecule has 2 aromatic carbocycles. The summed E-state index contributed by atoms with van der Waals surface area (Å²) >= 11 is 0. The highest BCUT2D eigenvalue weighted by molar-refractivity contribution is 5.24. The summed E-state index contributed by atoms with van der Waals surface area (Å²) in [6.07, 6.45) is 0. The van der Waals surface area contributed by atoms with Crippen LogP contribution in [0, 0.1) is 0 Å². The van der Waals surface area contributed by atoms with Crippen LogP contribution in [0.2, 0.25) is 0 Å². The van der Waals surface area contributed by atoms with Gasteiger partial charge in [0, 0.05) is 11.1 Å². The molecular weight excluding hydrogens is 276 g/mol. The van der Waals surface area contributed by atoms with E-state index in [0.29, 0.717) is 13.1 Å². The third-order valence-electron chi connectivity index (χ3n) is 3.86. The minimum absolute atomic E-state index is 0.158. The van der Waals surface area contributed by atoms with Crippen LogP contribution in [0.3, 0.4) is 0 Å². The number of aliphatic hydroxyl groups excluding tert-OH is 2. The van der Waals surface area contributed by atoms with Crippen molar-refractivity contribution in [3.63, 3.8) is 0 Å². The Morgan fingerprint density at radius 1 is 0.636 bits per heavy atom. The molecule has 2 rings (SSSR count). The second-order valence-electron chi connectivity index (χ2n) is 5.37. The first-order valence-corrected chi connectivity index (χ1v) is 7.85. The van der Waals surface area contributed by atoms with Gasteiger partial charge in [-0.3, -0.25) is 0 Å². The zero-order chi connectivity index (χ0) is 15.6. The van der Waals surface area contributed by atoms with E-state index in [0.717, 1.165) is 0 Å². The Kier molecular flexibility index (Phi) is 7.06. The van der Waals surface area contributed by atoms with Crippen LogP contribution in [0.5, 0.6) is 0 Å². The zero-order valence-electron chi connectivity index (χ0n) is 12.8. The number of aliphatic hydroxyl groups is 2. The van der Waals surface area contributed by atoms with Crippen LogP contribution >= 0.6 is 0 Å². The van der Waals surface area contributed by atoms with Crippen molar-refractivity contribution in [2.75, 3.05) is 26.3 Å². The Morgan fingerprint density at radius 2 is 1.00 bits per heavy atom. The molecule has 0 aromatic heterocycles. The zero-order valence-corrected chi connectivity index (χ0v) is 12.8. The maximum Gasteiger partial charge on any atom is 0.168 e. The first kappa shape index (κ1) is 16.6. The molecular formula is C18H26N2O2+2. The molecule has 0 unspecified atom stereocenters. The number of nitrogens with two attached hydrogens (primary N) is 2. The molecule has 0 aliphatic carbocycles. The Hall–Kier alpha value is -1.72. The minimum Gasteiger partial charge on any atom is -0.391 e. The largest absolute Gasteiger partial charge is 0.391 e. The quantitative estimate of drug-likeness (QED) is 0.508. The summed E-state index contributed by atoms with van der Waals surface area (Å²) in [7, 11) is 0. The van der Waals surface area contributed by atoms with Gasteiger partial charge >= 0.3 is 0 Å². The molecule has 22 heavy (non-hydrogen) atoms. The van der Waals surface area contributed by atoms with Crippen molar-refractivity contribution in [1.29, 1.82) is 0 Å². The first-order chi connectivity index (χ1) is 10.9. The summed E-state index contributed by atoms with van der Waals surface area (Å²) in [6, 6.07) is 21.1. The molecule has 0 spiro atoms. The van der Waals surface area contributed by atoms with E-state index in [4.69, 9.17) is 0 Å². The highest BCUT2D eigenvalue weighted by Gasteiger charge is 2.30. The van der Waals surface area contributed by atoms with Gasteiger partial charge in [-0.1, -0.05) is 60.7 Å². The van der Waals surface area contributed by atoms with Crippen molar-refractivity contribution < 1.29 is 20.8 Å². The molecule has 0 heterocycles. The van der Waals surface area contributed by atoms with Gasteiger partial charge in [-0.2, -0.15) is 0 Å². The Labute approximate surface area is 131 Å². The van der Waals surface area contributed by atoms with E-state index in [9.17, 15) is 10.2 Å². The molecule has 4 nitrogen and oxygen atoms in total. The minimum atomic E-state index is 0.158. The molecule has 0 fully saturated rings. The second kappa shape index (κ2) is 9.33. The van der Waals surface area contributed by atoms with E-state index in [1.54, 1.807) is 0 Å². The average Bonchev–Trinajstić information content (AvgIpc) is 2.59. The van der Waals surface area contributed by atoms with Gasteiger partial charge in [0.2, 0.25) is 0 Å². The highest BCUT2D eigenvalue weighted by Crippen LogP contribution is 2.22. The number of benzene rings is 2. The van der Waals surface area contributed by atoms with Gasteiger partial charge in [0.15, 0.2) is 12.1 Å². The predicted molar refractivity (Wildman–Crippen MR) is 86.1 cm³/mol. The molecule has 0 bridgehead atoms. The van der Waals surface area contributed by atoms with Crippen molar-refractivity contribution in [1.82, 2.24) is 0 Å². The van der Waals surface area contributed by atoms with Crippen molar-refractivity contribution in [3.05, 3.63) is 71.8 Å². The van der Waals surface area contributed by atoms with Gasteiger partial charge in [-0.25, -0.2) is 0 Å². The van der Waals surface area contributed by atoms with E-state index < -0.39 is 0 Å². The normalized spacial score (nSPS) is 13.7. The van der Waals surface area contributed by atoms with Gasteiger partial charge in [-0.05, 0) is 0 Å². The molecule has 0 radical (unpaired) electrons. The summed E-state index contributed by atoms with van der Waals surface area (Å²) in [5.41, 5.74) is 2.47. The van der Waals surface area contributed by atoms with Crippen LogP contribution in [0.15, 0.2) is 60.7 Å². The number of rotatable bonds is 9. The van der Waals surface area contributed by atoms with Gasteiger partial charge in [0.1, 0.15) is 0 Å². The summed E-state index contributed by atoms with van der Waals surface area (Å²) in [4.78, 5) is 0. The summed E-state index contributed by atoms with van der Waals surface area (Å²) in [5, 5.41) is 22.8. The molecule has 0 saturated carbocycles. The van der Waals surface area contributed by atoms with Crippen LogP contribution in [0.4, 0.5) is 0 Å². The lowest BCUT2D eigenvalue weighted by atomic mass is 9.93. The van der Waals surface area contributed by atoms with E-state index in [1.807, 2.05) is 36.4 Å². The summed E-state index contributed by atoms with van der Waals surface area (Å²) < 4.78 is 0. The van der Waals surface area contributed by atoms with Crippen LogP contribution in [-0.4, -0.2) is 36.5 Å². The third-order valence-corrected chi connectivity index (χ3v) is 3.86. The fourth-order valence-electron chi connectivity index (χ4n) is 2.84. The van der Waals surface area contributed by atoms with Crippen molar-refractivity contribution >= 4 is 0 Å². The van der Waals surface area contributed by atoms with E-state index in [2.05, 4.69) is 34.9 Å². The summed E-state index contributed by atoms with van der Waals surface area (Å²) in [5.74, 6) is 0. The Balaban J connectivity index is 2.30. The molecule has 0 aliphatic rings. The van der Waals surface area contributed by atoms with E-state index in [1.165, 1.54) is 11.1 Å². The van der Waals surface area contributed by atoms with Crippen molar-refractivity contribution in [3.8, 4) is 0 Å². The SMILES string of the molecule is OCC[NH2+][C@@H](c1ccccc1)[C@@H]([NH2+]CCO)c1ccccc1. The number of hydrogen-bond acceptors (Lipinski definition) is 2. The molecule has 2 aromatic rings. The van der Waals surface area contributed by atoms with Crippen LogP contribution in [-0.2, 0) is 0 Å². The van der Waals surface area contributed by atoms with Crippen molar-refractivity contribution in [2.24, 2.45) is 0 Å². The van der Waals surface area contributed by atoms with Gasteiger partial charge < -0.3 is 20.8 Å².